The normalized spacial score (nSPS) is 17.2. The van der Waals surface area contributed by atoms with E-state index in [9.17, 15) is 4.79 Å². The lowest BCUT2D eigenvalue weighted by Crippen LogP contribution is -2.45. The summed E-state index contributed by atoms with van der Waals surface area (Å²) >= 11 is 0. The minimum absolute atomic E-state index is 0.0127. The molecular formula is C11H16N2O4. The van der Waals surface area contributed by atoms with Crippen molar-refractivity contribution in [3.05, 3.63) is 23.2 Å². The topological polar surface area (TPSA) is 74.9 Å². The fourth-order valence-electron chi connectivity index (χ4n) is 1.72. The van der Waals surface area contributed by atoms with Gasteiger partial charge in [-0.25, -0.2) is 9.80 Å². The molecule has 1 saturated heterocycles. The number of ether oxygens (including phenoxy) is 1. The molecule has 17 heavy (non-hydrogen) atoms. The third-order valence-electron chi connectivity index (χ3n) is 2.74. The average molecular weight is 240 g/mol. The number of furan rings is 1. The van der Waals surface area contributed by atoms with Crippen molar-refractivity contribution in [1.82, 2.24) is 10.4 Å². The third kappa shape index (κ3) is 3.06. The molecule has 0 atom stereocenters. The molecule has 1 fully saturated rings. The average Bonchev–Trinajstić information content (AvgIpc) is 2.70. The van der Waals surface area contributed by atoms with Gasteiger partial charge in [0.2, 0.25) is 5.76 Å². The molecule has 6 nitrogen and oxygen atoms in total. The molecule has 0 bridgehead atoms. The van der Waals surface area contributed by atoms with Gasteiger partial charge in [-0.05, 0) is 13.0 Å². The van der Waals surface area contributed by atoms with Crippen LogP contribution in [0, 0.1) is 6.92 Å². The van der Waals surface area contributed by atoms with Crippen LogP contribution in [-0.4, -0.2) is 42.4 Å². The minimum Gasteiger partial charge on any atom is -0.475 e. The van der Waals surface area contributed by atoms with Crippen LogP contribution in [0.25, 0.3) is 0 Å². The lowest BCUT2D eigenvalue weighted by Gasteiger charge is -2.27. The van der Waals surface area contributed by atoms with Gasteiger partial charge in [0.15, 0.2) is 0 Å². The molecule has 1 aliphatic rings. The summed E-state index contributed by atoms with van der Waals surface area (Å²) in [6.45, 7) is 5.45. The molecular weight excluding hydrogens is 224 g/mol. The second kappa shape index (κ2) is 5.31. The van der Waals surface area contributed by atoms with Gasteiger partial charge in [-0.3, -0.25) is 5.43 Å². The van der Waals surface area contributed by atoms with E-state index in [0.717, 1.165) is 31.9 Å². The van der Waals surface area contributed by atoms with Crippen LogP contribution < -0.4 is 5.43 Å². The number of carbonyl (C=O) groups is 1. The van der Waals surface area contributed by atoms with E-state index in [1.807, 2.05) is 0 Å². The van der Waals surface area contributed by atoms with Crippen molar-refractivity contribution >= 4 is 5.97 Å². The Morgan fingerprint density at radius 2 is 2.24 bits per heavy atom. The maximum Gasteiger partial charge on any atom is 0.371 e. The van der Waals surface area contributed by atoms with Crippen LogP contribution in [0.4, 0.5) is 0 Å². The molecule has 1 aromatic heterocycles. The second-order valence-electron chi connectivity index (χ2n) is 3.93. The number of carboxylic acids is 1. The summed E-state index contributed by atoms with van der Waals surface area (Å²) in [7, 11) is 0. The monoisotopic (exact) mass is 240 g/mol. The van der Waals surface area contributed by atoms with Crippen molar-refractivity contribution < 1.29 is 19.1 Å². The van der Waals surface area contributed by atoms with Crippen molar-refractivity contribution in [1.29, 1.82) is 0 Å². The van der Waals surface area contributed by atoms with Crippen LogP contribution in [-0.2, 0) is 11.3 Å². The molecule has 0 aromatic carbocycles. The van der Waals surface area contributed by atoms with E-state index in [1.54, 1.807) is 13.0 Å². The number of morpholine rings is 1. The van der Waals surface area contributed by atoms with E-state index in [1.165, 1.54) is 0 Å². The zero-order chi connectivity index (χ0) is 12.3. The van der Waals surface area contributed by atoms with Crippen LogP contribution in [0.5, 0.6) is 0 Å². The highest BCUT2D eigenvalue weighted by Gasteiger charge is 2.14. The SMILES string of the molecule is Cc1oc(C(=O)O)cc1CNN1CCOCC1. The first-order valence-corrected chi connectivity index (χ1v) is 5.55. The van der Waals surface area contributed by atoms with Gasteiger partial charge >= 0.3 is 5.97 Å². The fraction of sp³-hybridized carbons (Fsp3) is 0.545. The zero-order valence-electron chi connectivity index (χ0n) is 9.73. The Balaban J connectivity index is 1.91. The summed E-state index contributed by atoms with van der Waals surface area (Å²) in [6.07, 6.45) is 0. The summed E-state index contributed by atoms with van der Waals surface area (Å²) in [4.78, 5) is 10.7. The molecule has 0 aliphatic carbocycles. The summed E-state index contributed by atoms with van der Waals surface area (Å²) in [5.74, 6) is -0.407. The van der Waals surface area contributed by atoms with Crippen molar-refractivity contribution in [2.45, 2.75) is 13.5 Å². The molecule has 1 aromatic rings. The smallest absolute Gasteiger partial charge is 0.371 e. The number of carboxylic acid groups (broad SMARTS) is 1. The molecule has 0 radical (unpaired) electrons. The van der Waals surface area contributed by atoms with Gasteiger partial charge in [0, 0.05) is 25.2 Å². The Labute approximate surface area is 99.1 Å². The van der Waals surface area contributed by atoms with Gasteiger partial charge in [-0.1, -0.05) is 0 Å². The Morgan fingerprint density at radius 1 is 1.53 bits per heavy atom. The standard InChI is InChI=1S/C11H16N2O4/c1-8-9(6-10(17-8)11(14)15)7-12-13-2-4-16-5-3-13/h6,12H,2-5,7H2,1H3,(H,14,15). The van der Waals surface area contributed by atoms with Crippen LogP contribution in [0.2, 0.25) is 0 Å². The Morgan fingerprint density at radius 3 is 2.82 bits per heavy atom. The Hall–Kier alpha value is -1.37. The van der Waals surface area contributed by atoms with Crippen molar-refractivity contribution in [2.75, 3.05) is 26.3 Å². The molecule has 1 aliphatic heterocycles. The van der Waals surface area contributed by atoms with Gasteiger partial charge in [0.25, 0.3) is 0 Å². The van der Waals surface area contributed by atoms with Crippen LogP contribution in [0.15, 0.2) is 10.5 Å². The predicted octanol–water partition coefficient (Wildman–Crippen LogP) is 0.623. The van der Waals surface area contributed by atoms with Gasteiger partial charge < -0.3 is 14.3 Å². The maximum atomic E-state index is 10.7. The van der Waals surface area contributed by atoms with E-state index in [4.69, 9.17) is 14.3 Å². The van der Waals surface area contributed by atoms with E-state index in [-0.39, 0.29) is 5.76 Å². The first-order valence-electron chi connectivity index (χ1n) is 5.55. The lowest BCUT2D eigenvalue weighted by molar-refractivity contribution is 0.0105. The zero-order valence-corrected chi connectivity index (χ0v) is 9.73. The van der Waals surface area contributed by atoms with E-state index < -0.39 is 5.97 Å². The van der Waals surface area contributed by atoms with Gasteiger partial charge in [0.1, 0.15) is 5.76 Å². The second-order valence-corrected chi connectivity index (χ2v) is 3.93. The highest BCUT2D eigenvalue weighted by atomic mass is 16.5. The maximum absolute atomic E-state index is 10.7. The number of hydrogen-bond donors (Lipinski definition) is 2. The summed E-state index contributed by atoms with van der Waals surface area (Å²) in [5, 5.41) is 10.9. The lowest BCUT2D eigenvalue weighted by atomic mass is 10.2. The molecule has 2 rings (SSSR count). The molecule has 0 amide bonds. The minimum atomic E-state index is -1.04. The van der Waals surface area contributed by atoms with Crippen molar-refractivity contribution in [3.63, 3.8) is 0 Å². The molecule has 0 unspecified atom stereocenters. The van der Waals surface area contributed by atoms with Gasteiger partial charge in [0.05, 0.1) is 13.2 Å². The summed E-state index contributed by atoms with van der Waals surface area (Å²) < 4.78 is 10.4. The number of nitrogens with zero attached hydrogens (tertiary/aromatic N) is 1. The molecule has 2 heterocycles. The predicted molar refractivity (Wildman–Crippen MR) is 59.6 cm³/mol. The van der Waals surface area contributed by atoms with Gasteiger partial charge in [-0.2, -0.15) is 0 Å². The molecule has 94 valence electrons. The Kier molecular flexibility index (Phi) is 3.78. The Bertz CT molecular complexity index is 396. The van der Waals surface area contributed by atoms with Crippen LogP contribution in [0.1, 0.15) is 21.9 Å². The molecule has 0 saturated carbocycles. The number of aryl methyl sites for hydroxylation is 1. The largest absolute Gasteiger partial charge is 0.475 e. The number of rotatable bonds is 4. The summed E-state index contributed by atoms with van der Waals surface area (Å²) in [6, 6.07) is 1.56. The van der Waals surface area contributed by atoms with Crippen LogP contribution >= 0.6 is 0 Å². The van der Waals surface area contributed by atoms with E-state index in [0.29, 0.717) is 12.3 Å². The fourth-order valence-corrected chi connectivity index (χ4v) is 1.72. The van der Waals surface area contributed by atoms with E-state index >= 15 is 0 Å². The molecule has 6 heteroatoms. The first kappa shape index (κ1) is 12.1. The summed E-state index contributed by atoms with van der Waals surface area (Å²) in [5.41, 5.74) is 4.10. The quantitative estimate of drug-likeness (QED) is 0.803. The molecule has 2 N–H and O–H groups in total. The first-order chi connectivity index (χ1) is 8.16. The van der Waals surface area contributed by atoms with Crippen molar-refractivity contribution in [3.8, 4) is 0 Å². The molecule has 0 spiro atoms. The van der Waals surface area contributed by atoms with Crippen LogP contribution in [0.3, 0.4) is 0 Å². The van der Waals surface area contributed by atoms with Gasteiger partial charge in [-0.15, -0.1) is 0 Å². The number of hydrogen-bond acceptors (Lipinski definition) is 5. The van der Waals surface area contributed by atoms with Crippen molar-refractivity contribution in [2.24, 2.45) is 0 Å². The third-order valence-corrected chi connectivity index (χ3v) is 2.74. The highest BCUT2D eigenvalue weighted by molar-refractivity contribution is 5.84. The number of aromatic carboxylic acids is 1. The highest BCUT2D eigenvalue weighted by Crippen LogP contribution is 2.14. The number of hydrazine groups is 1. The number of nitrogens with one attached hydrogen (secondary N) is 1. The van der Waals surface area contributed by atoms with E-state index in [2.05, 4.69) is 10.4 Å².